The van der Waals surface area contributed by atoms with Gasteiger partial charge in [0, 0.05) is 39.6 Å². The molecule has 2 aromatic heterocycles. The predicted octanol–water partition coefficient (Wildman–Crippen LogP) is 7.06. The summed E-state index contributed by atoms with van der Waals surface area (Å²) in [6.45, 7) is 5.61. The zero-order valence-corrected chi connectivity index (χ0v) is 24.3. The van der Waals surface area contributed by atoms with E-state index in [2.05, 4.69) is 9.71 Å². The predicted molar refractivity (Wildman–Crippen MR) is 162 cm³/mol. The summed E-state index contributed by atoms with van der Waals surface area (Å²) in [4.78, 5) is 15.7. The van der Waals surface area contributed by atoms with E-state index in [4.69, 9.17) is 9.15 Å². The summed E-state index contributed by atoms with van der Waals surface area (Å²) >= 11 is -1.39. The van der Waals surface area contributed by atoms with E-state index >= 15 is 4.39 Å². The highest BCUT2D eigenvalue weighted by atomic mass is 32.2. The van der Waals surface area contributed by atoms with E-state index in [1.54, 1.807) is 30.5 Å². The van der Waals surface area contributed by atoms with E-state index in [1.165, 1.54) is 6.20 Å². The van der Waals surface area contributed by atoms with Crippen molar-refractivity contribution in [1.82, 2.24) is 9.71 Å². The molecular formula is C33H31FN2O5S. The van der Waals surface area contributed by atoms with Crippen molar-refractivity contribution >= 4 is 28.3 Å². The smallest absolute Gasteiger partial charge is 0.307 e. The van der Waals surface area contributed by atoms with Crippen LogP contribution in [-0.4, -0.2) is 25.4 Å². The Morgan fingerprint density at radius 3 is 2.57 bits per heavy atom. The molecule has 1 atom stereocenters. The van der Waals surface area contributed by atoms with E-state index < -0.39 is 27.9 Å². The molecule has 2 heterocycles. The van der Waals surface area contributed by atoms with Crippen LogP contribution in [0.15, 0.2) is 89.7 Å². The lowest BCUT2D eigenvalue weighted by Crippen LogP contribution is -2.39. The fraction of sp³-hybridized carbons (Fsp3) is 0.212. The van der Waals surface area contributed by atoms with Crippen LogP contribution in [0.25, 0.3) is 33.2 Å². The summed E-state index contributed by atoms with van der Waals surface area (Å²) in [5, 5.41) is 10.2. The van der Waals surface area contributed by atoms with E-state index in [1.807, 2.05) is 69.3 Å². The second kappa shape index (κ2) is 12.4. The van der Waals surface area contributed by atoms with Crippen molar-refractivity contribution in [1.29, 1.82) is 0 Å². The first-order valence-corrected chi connectivity index (χ1v) is 14.6. The van der Waals surface area contributed by atoms with E-state index in [0.29, 0.717) is 28.0 Å². The summed E-state index contributed by atoms with van der Waals surface area (Å²) in [5.41, 5.74) is 4.66. The molecule has 0 saturated carbocycles. The molecule has 0 aliphatic rings. The first-order chi connectivity index (χ1) is 20.1. The lowest BCUT2D eigenvalue weighted by Gasteiger charge is -2.23. The van der Waals surface area contributed by atoms with Gasteiger partial charge in [-0.3, -0.25) is 9.78 Å². The first-order valence-electron chi connectivity index (χ1n) is 13.4. The van der Waals surface area contributed by atoms with Gasteiger partial charge in [0.25, 0.3) is 0 Å². The maximum atomic E-state index is 15.8. The molecule has 0 fully saturated rings. The third-order valence-corrected chi connectivity index (χ3v) is 8.22. The highest BCUT2D eigenvalue weighted by Crippen LogP contribution is 2.34. The van der Waals surface area contributed by atoms with Crippen LogP contribution in [0.4, 0.5) is 4.39 Å². The number of ether oxygens (including phenoxy) is 1. The summed E-state index contributed by atoms with van der Waals surface area (Å²) < 4.78 is 42.5. The van der Waals surface area contributed by atoms with Crippen molar-refractivity contribution in [3.63, 3.8) is 0 Å². The van der Waals surface area contributed by atoms with Crippen molar-refractivity contribution in [3.8, 4) is 28.0 Å². The molecular weight excluding hydrogens is 555 g/mol. The van der Waals surface area contributed by atoms with E-state index in [9.17, 15) is 14.5 Å². The summed E-state index contributed by atoms with van der Waals surface area (Å²) in [6.07, 6.45) is 2.87. The molecule has 7 nitrogen and oxygen atoms in total. The van der Waals surface area contributed by atoms with Gasteiger partial charge in [-0.05, 0) is 67.8 Å². The molecule has 0 radical (unpaired) electrons. The van der Waals surface area contributed by atoms with Gasteiger partial charge in [-0.2, -0.15) is 0 Å². The molecule has 42 heavy (non-hydrogen) atoms. The van der Waals surface area contributed by atoms with Gasteiger partial charge in [0.1, 0.15) is 22.7 Å². The molecule has 5 aromatic rings. The van der Waals surface area contributed by atoms with Gasteiger partial charge >= 0.3 is 5.97 Å². The van der Waals surface area contributed by atoms with Crippen LogP contribution in [0.2, 0.25) is 0 Å². The molecule has 0 bridgehead atoms. The van der Waals surface area contributed by atoms with Crippen LogP contribution in [0.1, 0.15) is 37.6 Å². The number of pyridine rings is 1. The highest BCUT2D eigenvalue weighted by molar-refractivity contribution is 7.90. The lowest BCUT2D eigenvalue weighted by molar-refractivity contribution is -0.136. The van der Waals surface area contributed by atoms with Crippen molar-refractivity contribution in [2.24, 2.45) is 0 Å². The summed E-state index contributed by atoms with van der Waals surface area (Å²) in [5.74, 6) is -1.03. The Bertz CT molecular complexity index is 1720. The van der Waals surface area contributed by atoms with Crippen LogP contribution < -0.4 is 9.46 Å². The van der Waals surface area contributed by atoms with Gasteiger partial charge in [0.05, 0.1) is 24.9 Å². The van der Waals surface area contributed by atoms with E-state index in [-0.39, 0.29) is 25.3 Å². The van der Waals surface area contributed by atoms with Gasteiger partial charge < -0.3 is 18.8 Å². The first kappa shape index (κ1) is 29.3. The number of furan rings is 1. The van der Waals surface area contributed by atoms with Gasteiger partial charge in [0.2, 0.25) is 0 Å². The number of rotatable bonds is 10. The maximum absolute atomic E-state index is 15.8. The summed E-state index contributed by atoms with van der Waals surface area (Å²) in [7, 11) is 0. The fourth-order valence-electron chi connectivity index (χ4n) is 4.57. The minimum Gasteiger partial charge on any atom is -0.598 e. The Labute approximate surface area is 246 Å². The average molecular weight is 587 g/mol. The molecule has 9 heteroatoms. The minimum atomic E-state index is -1.39. The topological polar surface area (TPSA) is 108 Å². The normalized spacial score (nSPS) is 12.4. The zero-order chi connectivity index (χ0) is 29.9. The molecule has 0 saturated heterocycles. The number of nitrogens with one attached hydrogen (secondary N) is 1. The van der Waals surface area contributed by atoms with Gasteiger partial charge in [-0.1, -0.05) is 42.5 Å². The number of carboxylic acid groups (broad SMARTS) is 1. The van der Waals surface area contributed by atoms with Crippen molar-refractivity contribution in [3.05, 3.63) is 108 Å². The number of halogens is 1. The third kappa shape index (κ3) is 6.65. The molecule has 0 amide bonds. The van der Waals surface area contributed by atoms with Crippen LogP contribution in [0, 0.1) is 5.82 Å². The Morgan fingerprint density at radius 2 is 1.83 bits per heavy atom. The summed E-state index contributed by atoms with van der Waals surface area (Å²) in [6, 6.07) is 22.3. The number of hydrogen-bond acceptors (Lipinski definition) is 6. The standard InChI is InChI=1S/C33H31FN2O5S/c1-33(2,3)42(39)36-19-28-31(34)26(11-13-35-28)27-16-21(15-25-12-14-40-32(25)27)20-41-29-17-23(22-7-5-4-6-8-22)9-10-24(29)18-30(37)38/h4-17,36H,18-20H2,1-3H3,(H,37,38)/t42-/m0/s1. The second-order valence-electron chi connectivity index (χ2n) is 10.9. The van der Waals surface area contributed by atoms with Crippen LogP contribution in [-0.2, 0) is 35.7 Å². The zero-order valence-electron chi connectivity index (χ0n) is 23.5. The molecule has 2 N–H and O–H groups in total. The maximum Gasteiger partial charge on any atom is 0.307 e. The Hall–Kier alpha value is -4.18. The molecule has 0 unspecified atom stereocenters. The molecule has 0 spiro atoms. The van der Waals surface area contributed by atoms with Crippen molar-refractivity contribution in [2.75, 3.05) is 0 Å². The third-order valence-electron chi connectivity index (χ3n) is 6.70. The van der Waals surface area contributed by atoms with Crippen LogP contribution >= 0.6 is 0 Å². The molecule has 0 aliphatic carbocycles. The number of nitrogens with zero attached hydrogens (tertiary/aromatic N) is 1. The number of carboxylic acids is 1. The average Bonchev–Trinajstić information content (AvgIpc) is 3.44. The van der Waals surface area contributed by atoms with Gasteiger partial charge in [0.15, 0.2) is 5.82 Å². The largest absolute Gasteiger partial charge is 0.598 e. The molecule has 5 rings (SSSR count). The van der Waals surface area contributed by atoms with Crippen molar-refractivity contribution < 1.29 is 28.0 Å². The Morgan fingerprint density at radius 1 is 1.05 bits per heavy atom. The fourth-order valence-corrected chi connectivity index (χ4v) is 5.27. The lowest BCUT2D eigenvalue weighted by atomic mass is 10.00. The highest BCUT2D eigenvalue weighted by Gasteiger charge is 2.27. The molecule has 216 valence electrons. The van der Waals surface area contributed by atoms with Crippen LogP contribution in [0.3, 0.4) is 0 Å². The quantitative estimate of drug-likeness (QED) is 0.169. The number of aromatic nitrogens is 1. The number of hydrogen-bond donors (Lipinski definition) is 2. The van der Waals surface area contributed by atoms with Gasteiger partial charge in [-0.15, -0.1) is 4.72 Å². The monoisotopic (exact) mass is 586 g/mol. The number of aliphatic carboxylic acids is 1. The number of fused-ring (bicyclic) bond motifs is 1. The molecule has 3 aromatic carbocycles. The minimum absolute atomic E-state index is 0.00222. The Kier molecular flexibility index (Phi) is 8.63. The number of carbonyl (C=O) groups is 1. The molecule has 0 aliphatic heterocycles. The van der Waals surface area contributed by atoms with E-state index in [0.717, 1.165) is 22.1 Å². The van der Waals surface area contributed by atoms with Crippen LogP contribution in [0.5, 0.6) is 5.75 Å². The Balaban J connectivity index is 1.46. The van der Waals surface area contributed by atoms with Gasteiger partial charge in [-0.25, -0.2) is 4.39 Å². The SMILES string of the molecule is CC(C)(C)[S@+]([O-])NCc1nccc(-c2cc(COc3cc(-c4ccccc4)ccc3CC(=O)O)cc3ccoc23)c1F. The second-order valence-corrected chi connectivity index (χ2v) is 12.9. The number of benzene rings is 3. The van der Waals surface area contributed by atoms with Crippen molar-refractivity contribution in [2.45, 2.75) is 45.1 Å².